The number of hydrogen-bond donors (Lipinski definition) is 0. The summed E-state index contributed by atoms with van der Waals surface area (Å²) >= 11 is 0. The third-order valence-corrected chi connectivity index (χ3v) is 6.59. The second-order valence-corrected chi connectivity index (χ2v) is 8.36. The van der Waals surface area contributed by atoms with E-state index in [9.17, 15) is 0 Å². The van der Waals surface area contributed by atoms with Crippen molar-refractivity contribution in [1.82, 2.24) is 4.90 Å². The largest absolute Gasteiger partial charge is 0.303 e. The molecule has 0 radical (unpaired) electrons. The fourth-order valence-electron chi connectivity index (χ4n) is 5.38. The summed E-state index contributed by atoms with van der Waals surface area (Å²) in [6, 6.07) is 11.9. The molecule has 2 aliphatic rings. The molecule has 0 spiro atoms. The van der Waals surface area contributed by atoms with Crippen molar-refractivity contribution in [1.29, 1.82) is 0 Å². The van der Waals surface area contributed by atoms with E-state index in [0.29, 0.717) is 0 Å². The van der Waals surface area contributed by atoms with Crippen LogP contribution in [-0.4, -0.2) is 24.5 Å². The smallest absolute Gasteiger partial charge is 0.0149 e. The molecule has 24 heavy (non-hydrogen) atoms. The minimum atomic E-state index is 0.862. The van der Waals surface area contributed by atoms with Crippen molar-refractivity contribution in [2.75, 3.05) is 13.6 Å². The van der Waals surface area contributed by atoms with E-state index in [1.807, 2.05) is 0 Å². The normalized spacial score (nSPS) is 20.8. The Morgan fingerprint density at radius 1 is 0.833 bits per heavy atom. The van der Waals surface area contributed by atoms with Crippen LogP contribution in [-0.2, 0) is 6.42 Å². The van der Waals surface area contributed by atoms with Crippen molar-refractivity contribution in [2.24, 2.45) is 11.8 Å². The predicted octanol–water partition coefficient (Wildman–Crippen LogP) is 6.08. The van der Waals surface area contributed by atoms with Crippen LogP contribution in [0.5, 0.6) is 0 Å². The van der Waals surface area contributed by atoms with Crippen molar-refractivity contribution in [3.8, 4) is 0 Å². The molecule has 0 bridgehead atoms. The SMILES string of the molecule is CN(CCCc1ccccc1)C(C1CCCCC1)C1CCCCC1. The van der Waals surface area contributed by atoms with E-state index in [4.69, 9.17) is 0 Å². The maximum Gasteiger partial charge on any atom is 0.0149 e. The molecule has 2 aliphatic carbocycles. The van der Waals surface area contributed by atoms with Crippen LogP contribution in [0, 0.1) is 11.8 Å². The topological polar surface area (TPSA) is 3.24 Å². The summed E-state index contributed by atoms with van der Waals surface area (Å²) < 4.78 is 0. The van der Waals surface area contributed by atoms with Crippen LogP contribution in [0.1, 0.15) is 76.2 Å². The number of aryl methyl sites for hydroxylation is 1. The molecule has 0 heterocycles. The van der Waals surface area contributed by atoms with Gasteiger partial charge in [-0.15, -0.1) is 0 Å². The molecule has 134 valence electrons. The van der Waals surface area contributed by atoms with Crippen molar-refractivity contribution in [3.63, 3.8) is 0 Å². The van der Waals surface area contributed by atoms with E-state index in [2.05, 4.69) is 42.3 Å². The van der Waals surface area contributed by atoms with Gasteiger partial charge in [-0.05, 0) is 69.5 Å². The minimum absolute atomic E-state index is 0.862. The molecule has 1 aromatic rings. The Balaban J connectivity index is 1.56. The van der Waals surface area contributed by atoms with E-state index < -0.39 is 0 Å². The highest BCUT2D eigenvalue weighted by atomic mass is 15.1. The molecule has 2 fully saturated rings. The standard InChI is InChI=1S/C23H37N/c1-24(19-11-14-20-12-5-2-6-13-20)23(21-15-7-3-8-16-21)22-17-9-4-10-18-22/h2,5-6,12-13,21-23H,3-4,7-11,14-19H2,1H3. The first-order chi connectivity index (χ1) is 11.8. The maximum absolute atomic E-state index is 2.77. The van der Waals surface area contributed by atoms with Gasteiger partial charge in [0.1, 0.15) is 0 Å². The zero-order chi connectivity index (χ0) is 16.6. The van der Waals surface area contributed by atoms with Gasteiger partial charge in [0.2, 0.25) is 0 Å². The first kappa shape index (κ1) is 18.0. The first-order valence-corrected chi connectivity index (χ1v) is 10.6. The van der Waals surface area contributed by atoms with E-state index in [1.54, 1.807) is 0 Å². The van der Waals surface area contributed by atoms with E-state index >= 15 is 0 Å². The third kappa shape index (κ3) is 5.09. The van der Waals surface area contributed by atoms with Gasteiger partial charge >= 0.3 is 0 Å². The maximum atomic E-state index is 2.77. The van der Waals surface area contributed by atoms with Crippen molar-refractivity contribution in [3.05, 3.63) is 35.9 Å². The molecule has 0 aromatic heterocycles. The van der Waals surface area contributed by atoms with Gasteiger partial charge in [0.15, 0.2) is 0 Å². The average molecular weight is 328 g/mol. The average Bonchev–Trinajstić information content (AvgIpc) is 2.65. The van der Waals surface area contributed by atoms with E-state index in [1.165, 1.54) is 89.2 Å². The molecule has 0 amide bonds. The molecule has 2 saturated carbocycles. The van der Waals surface area contributed by atoms with E-state index in [-0.39, 0.29) is 0 Å². The van der Waals surface area contributed by atoms with Gasteiger partial charge in [0.05, 0.1) is 0 Å². The van der Waals surface area contributed by atoms with Gasteiger partial charge in [-0.25, -0.2) is 0 Å². The molecule has 1 heteroatoms. The van der Waals surface area contributed by atoms with Crippen LogP contribution in [0.4, 0.5) is 0 Å². The van der Waals surface area contributed by atoms with Crippen molar-refractivity contribution in [2.45, 2.75) is 83.1 Å². The molecule has 0 N–H and O–H groups in total. The Hall–Kier alpha value is -0.820. The lowest BCUT2D eigenvalue weighted by molar-refractivity contribution is 0.0722. The van der Waals surface area contributed by atoms with Crippen molar-refractivity contribution >= 4 is 0 Å². The molecule has 1 aromatic carbocycles. The summed E-state index contributed by atoms with van der Waals surface area (Å²) in [5.74, 6) is 1.95. The molecular weight excluding hydrogens is 290 g/mol. The summed E-state index contributed by atoms with van der Waals surface area (Å²) in [4.78, 5) is 2.77. The Bertz CT molecular complexity index is 424. The summed E-state index contributed by atoms with van der Waals surface area (Å²) in [5, 5.41) is 0. The lowest BCUT2D eigenvalue weighted by Gasteiger charge is -2.43. The summed E-state index contributed by atoms with van der Waals surface area (Å²) in [6.07, 6.45) is 17.4. The molecule has 0 aliphatic heterocycles. The Morgan fingerprint density at radius 2 is 1.38 bits per heavy atom. The van der Waals surface area contributed by atoms with E-state index in [0.717, 1.165) is 17.9 Å². The molecule has 1 nitrogen and oxygen atoms in total. The summed E-state index contributed by atoms with van der Waals surface area (Å²) in [5.41, 5.74) is 1.50. The van der Waals surface area contributed by atoms with Crippen LogP contribution in [0.25, 0.3) is 0 Å². The second-order valence-electron chi connectivity index (χ2n) is 8.36. The highest BCUT2D eigenvalue weighted by Gasteiger charge is 2.33. The fourth-order valence-corrected chi connectivity index (χ4v) is 5.38. The lowest BCUT2D eigenvalue weighted by atomic mass is 9.73. The van der Waals surface area contributed by atoms with Gasteiger partial charge in [-0.3, -0.25) is 0 Å². The summed E-state index contributed by atoms with van der Waals surface area (Å²) in [7, 11) is 2.43. The third-order valence-electron chi connectivity index (χ3n) is 6.59. The summed E-state index contributed by atoms with van der Waals surface area (Å²) in [6.45, 7) is 1.27. The van der Waals surface area contributed by atoms with Gasteiger partial charge in [0, 0.05) is 6.04 Å². The second kappa shape index (κ2) is 9.61. The number of hydrogen-bond acceptors (Lipinski definition) is 1. The molecule has 0 atom stereocenters. The number of nitrogens with zero attached hydrogens (tertiary/aromatic N) is 1. The molecule has 0 saturated heterocycles. The quantitative estimate of drug-likeness (QED) is 0.586. The highest BCUT2D eigenvalue weighted by Crippen LogP contribution is 2.38. The molecular formula is C23H37N. The fraction of sp³-hybridized carbons (Fsp3) is 0.739. The van der Waals surface area contributed by atoms with Crippen LogP contribution in [0.2, 0.25) is 0 Å². The van der Waals surface area contributed by atoms with Crippen LogP contribution in [0.15, 0.2) is 30.3 Å². The monoisotopic (exact) mass is 327 g/mol. The highest BCUT2D eigenvalue weighted by molar-refractivity contribution is 5.14. The van der Waals surface area contributed by atoms with Gasteiger partial charge < -0.3 is 4.90 Å². The number of benzene rings is 1. The zero-order valence-corrected chi connectivity index (χ0v) is 15.8. The van der Waals surface area contributed by atoms with Crippen LogP contribution >= 0.6 is 0 Å². The Labute approximate surface area is 149 Å². The minimum Gasteiger partial charge on any atom is -0.303 e. The number of rotatable bonds is 7. The van der Waals surface area contributed by atoms with Gasteiger partial charge in [-0.2, -0.15) is 0 Å². The van der Waals surface area contributed by atoms with Gasteiger partial charge in [0.25, 0.3) is 0 Å². The molecule has 3 rings (SSSR count). The van der Waals surface area contributed by atoms with Crippen molar-refractivity contribution < 1.29 is 0 Å². The van der Waals surface area contributed by atoms with Crippen LogP contribution < -0.4 is 0 Å². The Morgan fingerprint density at radius 3 is 1.92 bits per heavy atom. The lowest BCUT2D eigenvalue weighted by Crippen LogP contribution is -2.45. The zero-order valence-electron chi connectivity index (χ0n) is 15.8. The first-order valence-electron chi connectivity index (χ1n) is 10.6. The molecule has 0 unspecified atom stereocenters. The predicted molar refractivity (Wildman–Crippen MR) is 104 cm³/mol. The Kier molecular flexibility index (Phi) is 7.20. The van der Waals surface area contributed by atoms with Gasteiger partial charge in [-0.1, -0.05) is 68.9 Å². The van der Waals surface area contributed by atoms with Crippen LogP contribution in [0.3, 0.4) is 0 Å².